The number of piperidine rings is 1. The van der Waals surface area contributed by atoms with Crippen molar-refractivity contribution < 1.29 is 9.18 Å². The van der Waals surface area contributed by atoms with Crippen LogP contribution in [0.25, 0.3) is 0 Å². The maximum atomic E-state index is 13.6. The molecule has 146 valence electrons. The van der Waals surface area contributed by atoms with Gasteiger partial charge in [-0.1, -0.05) is 12.1 Å². The van der Waals surface area contributed by atoms with Gasteiger partial charge in [-0.05, 0) is 68.3 Å². The van der Waals surface area contributed by atoms with Crippen LogP contribution < -0.4 is 10.6 Å². The number of nitrogens with zero attached hydrogens (tertiary/aromatic N) is 2. The lowest BCUT2D eigenvalue weighted by atomic mass is 10.00. The van der Waals surface area contributed by atoms with Gasteiger partial charge in [0, 0.05) is 12.7 Å². The first-order chi connectivity index (χ1) is 12.6. The molecular formula is C20H26ClFN4O. The average molecular weight is 393 g/mol. The average Bonchev–Trinajstić information content (AvgIpc) is 3.38. The second-order valence-corrected chi connectivity index (χ2v) is 7.48. The zero-order chi connectivity index (χ0) is 18.1. The Hall–Kier alpha value is -1.92. The third-order valence-corrected chi connectivity index (χ3v) is 5.41. The molecule has 2 heterocycles. The molecule has 27 heavy (non-hydrogen) atoms. The van der Waals surface area contributed by atoms with E-state index in [0.717, 1.165) is 44.3 Å². The number of aryl methyl sites for hydroxylation is 1. The first-order valence-electron chi connectivity index (χ1n) is 9.44. The third-order valence-electron chi connectivity index (χ3n) is 5.41. The molecule has 1 aliphatic carbocycles. The topological polar surface area (TPSA) is 59.0 Å². The van der Waals surface area contributed by atoms with Crippen molar-refractivity contribution in [1.29, 1.82) is 0 Å². The van der Waals surface area contributed by atoms with Crippen LogP contribution >= 0.6 is 12.4 Å². The van der Waals surface area contributed by atoms with Gasteiger partial charge in [0.15, 0.2) is 0 Å². The van der Waals surface area contributed by atoms with E-state index in [1.807, 2.05) is 16.9 Å². The van der Waals surface area contributed by atoms with Gasteiger partial charge in [-0.3, -0.25) is 9.48 Å². The smallest absolute Gasteiger partial charge is 0.272 e. The SMILES string of the molecule is Cc1cc(C(NC(=O)c2ccn(C3CCCNC3)n2)C2CC2)ccc1F.Cl. The fourth-order valence-corrected chi connectivity index (χ4v) is 3.70. The molecule has 4 rings (SSSR count). The van der Waals surface area contributed by atoms with Crippen LogP contribution in [-0.4, -0.2) is 28.8 Å². The van der Waals surface area contributed by atoms with E-state index in [0.29, 0.717) is 23.2 Å². The van der Waals surface area contributed by atoms with Gasteiger partial charge in [-0.25, -0.2) is 4.39 Å². The van der Waals surface area contributed by atoms with Crippen LogP contribution in [0.5, 0.6) is 0 Å². The van der Waals surface area contributed by atoms with E-state index in [9.17, 15) is 9.18 Å². The lowest BCUT2D eigenvalue weighted by Crippen LogP contribution is -2.33. The Morgan fingerprint density at radius 3 is 2.81 bits per heavy atom. The number of hydrogen-bond acceptors (Lipinski definition) is 3. The fourth-order valence-electron chi connectivity index (χ4n) is 3.70. The molecule has 1 aromatic heterocycles. The maximum Gasteiger partial charge on any atom is 0.272 e. The summed E-state index contributed by atoms with van der Waals surface area (Å²) in [7, 11) is 0. The molecule has 2 aromatic rings. The molecule has 1 aromatic carbocycles. The van der Waals surface area contributed by atoms with Crippen LogP contribution in [0.2, 0.25) is 0 Å². The highest BCUT2D eigenvalue weighted by Gasteiger charge is 2.34. The van der Waals surface area contributed by atoms with Crippen LogP contribution in [0.3, 0.4) is 0 Å². The second-order valence-electron chi connectivity index (χ2n) is 7.48. The van der Waals surface area contributed by atoms with E-state index in [4.69, 9.17) is 0 Å². The predicted octanol–water partition coefficient (Wildman–Crippen LogP) is 3.56. The van der Waals surface area contributed by atoms with E-state index in [1.165, 1.54) is 6.07 Å². The minimum absolute atomic E-state index is 0. The minimum atomic E-state index is -0.213. The van der Waals surface area contributed by atoms with Gasteiger partial charge in [0.2, 0.25) is 0 Å². The van der Waals surface area contributed by atoms with Crippen molar-refractivity contribution in [3.05, 3.63) is 53.1 Å². The summed E-state index contributed by atoms with van der Waals surface area (Å²) in [5.41, 5.74) is 2.02. The Kier molecular flexibility index (Phi) is 6.17. The number of nitrogens with one attached hydrogen (secondary N) is 2. The number of benzene rings is 1. The van der Waals surface area contributed by atoms with Crippen LogP contribution in [-0.2, 0) is 0 Å². The van der Waals surface area contributed by atoms with Crippen molar-refractivity contribution in [2.24, 2.45) is 5.92 Å². The lowest BCUT2D eigenvalue weighted by Gasteiger charge is -2.23. The summed E-state index contributed by atoms with van der Waals surface area (Å²) < 4.78 is 15.5. The molecule has 2 N–H and O–H groups in total. The normalized spacial score (nSPS) is 20.6. The van der Waals surface area contributed by atoms with Crippen molar-refractivity contribution >= 4 is 18.3 Å². The van der Waals surface area contributed by atoms with E-state index >= 15 is 0 Å². The maximum absolute atomic E-state index is 13.6. The molecule has 1 saturated carbocycles. The van der Waals surface area contributed by atoms with Gasteiger partial charge < -0.3 is 10.6 Å². The van der Waals surface area contributed by atoms with Crippen molar-refractivity contribution in [3.8, 4) is 0 Å². The summed E-state index contributed by atoms with van der Waals surface area (Å²) in [6.07, 6.45) is 6.27. The van der Waals surface area contributed by atoms with Crippen molar-refractivity contribution in [2.45, 2.75) is 44.7 Å². The van der Waals surface area contributed by atoms with Crippen molar-refractivity contribution in [1.82, 2.24) is 20.4 Å². The molecule has 2 unspecified atom stereocenters. The van der Waals surface area contributed by atoms with Crippen molar-refractivity contribution in [3.63, 3.8) is 0 Å². The number of hydrogen-bond donors (Lipinski definition) is 2. The van der Waals surface area contributed by atoms with Gasteiger partial charge in [-0.2, -0.15) is 5.10 Å². The minimum Gasteiger partial charge on any atom is -0.344 e. The molecule has 2 aliphatic rings. The number of carbonyl (C=O) groups is 1. The van der Waals surface area contributed by atoms with Gasteiger partial charge in [0.1, 0.15) is 11.5 Å². The molecule has 5 nitrogen and oxygen atoms in total. The number of halogens is 2. The van der Waals surface area contributed by atoms with E-state index < -0.39 is 0 Å². The number of rotatable bonds is 5. The van der Waals surface area contributed by atoms with E-state index in [2.05, 4.69) is 15.7 Å². The van der Waals surface area contributed by atoms with Crippen LogP contribution in [0.15, 0.2) is 30.5 Å². The first-order valence-corrected chi connectivity index (χ1v) is 9.44. The quantitative estimate of drug-likeness (QED) is 0.818. The largest absolute Gasteiger partial charge is 0.344 e. The number of carbonyl (C=O) groups excluding carboxylic acids is 1. The highest BCUT2D eigenvalue weighted by molar-refractivity contribution is 5.92. The zero-order valence-electron chi connectivity index (χ0n) is 15.5. The zero-order valence-corrected chi connectivity index (χ0v) is 16.3. The fraction of sp³-hybridized carbons (Fsp3) is 0.500. The van der Waals surface area contributed by atoms with E-state index in [1.54, 1.807) is 19.1 Å². The van der Waals surface area contributed by atoms with Crippen molar-refractivity contribution in [2.75, 3.05) is 13.1 Å². The summed E-state index contributed by atoms with van der Waals surface area (Å²) in [6.45, 7) is 3.69. The highest BCUT2D eigenvalue weighted by atomic mass is 35.5. The molecule has 2 fully saturated rings. The Morgan fingerprint density at radius 1 is 1.33 bits per heavy atom. The standard InChI is InChI=1S/C20H25FN4O.ClH/c1-13-11-15(6-7-17(13)21)19(14-4-5-14)23-20(26)18-8-10-25(24-18)16-3-2-9-22-12-16;/h6-8,10-11,14,16,19,22H,2-5,9,12H2,1H3,(H,23,26);1H. The Labute approximate surface area is 165 Å². The Bertz CT molecular complexity index is 799. The molecule has 2 atom stereocenters. The van der Waals surface area contributed by atoms with E-state index in [-0.39, 0.29) is 30.2 Å². The molecule has 1 saturated heterocycles. The Morgan fingerprint density at radius 2 is 2.15 bits per heavy atom. The molecular weight excluding hydrogens is 367 g/mol. The number of aromatic nitrogens is 2. The summed E-state index contributed by atoms with van der Waals surface area (Å²) in [6, 6.07) is 7.11. The lowest BCUT2D eigenvalue weighted by molar-refractivity contribution is 0.0925. The second kappa shape index (κ2) is 8.40. The first kappa shape index (κ1) is 19.8. The third kappa shape index (κ3) is 4.50. The molecule has 1 aliphatic heterocycles. The molecule has 7 heteroatoms. The molecule has 0 radical (unpaired) electrons. The molecule has 0 bridgehead atoms. The summed E-state index contributed by atoms with van der Waals surface area (Å²) >= 11 is 0. The predicted molar refractivity (Wildman–Crippen MR) is 105 cm³/mol. The summed E-state index contributed by atoms with van der Waals surface area (Å²) in [4.78, 5) is 12.7. The van der Waals surface area contributed by atoms with Gasteiger partial charge in [-0.15, -0.1) is 12.4 Å². The van der Waals surface area contributed by atoms with Crippen LogP contribution in [0, 0.1) is 18.7 Å². The van der Waals surface area contributed by atoms with Crippen LogP contribution in [0.4, 0.5) is 4.39 Å². The molecule has 0 spiro atoms. The highest BCUT2D eigenvalue weighted by Crippen LogP contribution is 2.41. The van der Waals surface area contributed by atoms with Gasteiger partial charge >= 0.3 is 0 Å². The van der Waals surface area contributed by atoms with Gasteiger partial charge in [0.05, 0.1) is 12.1 Å². The number of amides is 1. The van der Waals surface area contributed by atoms with Gasteiger partial charge in [0.25, 0.3) is 5.91 Å². The summed E-state index contributed by atoms with van der Waals surface area (Å²) in [5, 5.41) is 11.0. The Balaban J connectivity index is 0.00000210. The van der Waals surface area contributed by atoms with Crippen LogP contribution in [0.1, 0.15) is 59.4 Å². The molecule has 1 amide bonds. The monoisotopic (exact) mass is 392 g/mol. The summed E-state index contributed by atoms with van der Waals surface area (Å²) in [5.74, 6) is 0.0503.